The quantitative estimate of drug-likeness (QED) is 0.458. The molecule has 1 heterocycles. The van der Waals surface area contributed by atoms with Gasteiger partial charge in [0.15, 0.2) is 6.10 Å². The minimum Gasteiger partial charge on any atom is -0.481 e. The smallest absolute Gasteiger partial charge is 0.265 e. The number of carbonyl (C=O) groups excluding carboxylic acids is 2. The van der Waals surface area contributed by atoms with Gasteiger partial charge in [0.2, 0.25) is 5.91 Å². The van der Waals surface area contributed by atoms with E-state index in [0.29, 0.717) is 18.7 Å². The molecule has 0 radical (unpaired) electrons. The summed E-state index contributed by atoms with van der Waals surface area (Å²) >= 11 is 0. The van der Waals surface area contributed by atoms with Crippen molar-refractivity contribution >= 4 is 17.5 Å². The number of rotatable bonds is 7. The third-order valence-electron chi connectivity index (χ3n) is 6.97. The number of carbonyl (C=O) groups is 2. The largest absolute Gasteiger partial charge is 0.481 e. The Kier molecular flexibility index (Phi) is 6.77. The van der Waals surface area contributed by atoms with E-state index >= 15 is 0 Å². The van der Waals surface area contributed by atoms with Crippen LogP contribution in [0.3, 0.4) is 0 Å². The number of hydrogen-bond donors (Lipinski definition) is 1. The van der Waals surface area contributed by atoms with Crippen molar-refractivity contribution in [1.29, 1.82) is 0 Å². The zero-order valence-electron chi connectivity index (χ0n) is 20.7. The Morgan fingerprint density at radius 3 is 2.56 bits per heavy atom. The Morgan fingerprint density at radius 1 is 1.08 bits per heavy atom. The van der Waals surface area contributed by atoms with Gasteiger partial charge < -0.3 is 15.0 Å². The van der Waals surface area contributed by atoms with Gasteiger partial charge in [0.1, 0.15) is 11.6 Å². The van der Waals surface area contributed by atoms with Crippen molar-refractivity contribution in [3.05, 3.63) is 94.8 Å². The number of benzene rings is 3. The molecule has 6 heteroatoms. The summed E-state index contributed by atoms with van der Waals surface area (Å²) < 4.78 is 19.9. The molecule has 0 spiro atoms. The Labute approximate surface area is 211 Å². The Balaban J connectivity index is 1.42. The SMILES string of the molecule is CC[C@H](Oc1ccc2c(c1)[C@H](c1ccc(F)cc1)N(C(=O)C1CC1)CC2)C(=O)Nc1cccc(C)c1. The zero-order chi connectivity index (χ0) is 25.2. The van der Waals surface area contributed by atoms with E-state index in [0.717, 1.165) is 47.2 Å². The number of aryl methyl sites for hydroxylation is 1. The molecule has 0 unspecified atom stereocenters. The first-order valence-electron chi connectivity index (χ1n) is 12.7. The van der Waals surface area contributed by atoms with Crippen molar-refractivity contribution < 1.29 is 18.7 Å². The molecular weight excluding hydrogens is 455 g/mol. The average molecular weight is 487 g/mol. The van der Waals surface area contributed by atoms with E-state index in [-0.39, 0.29) is 29.6 Å². The number of anilines is 1. The molecule has 3 aromatic rings. The predicted octanol–water partition coefficient (Wildman–Crippen LogP) is 5.81. The minimum atomic E-state index is -0.666. The molecule has 1 N–H and O–H groups in total. The number of ether oxygens (including phenoxy) is 1. The predicted molar refractivity (Wildman–Crippen MR) is 137 cm³/mol. The van der Waals surface area contributed by atoms with Crippen molar-refractivity contribution in [3.8, 4) is 5.75 Å². The van der Waals surface area contributed by atoms with E-state index < -0.39 is 6.10 Å². The lowest BCUT2D eigenvalue weighted by atomic mass is 9.87. The van der Waals surface area contributed by atoms with E-state index in [2.05, 4.69) is 5.32 Å². The van der Waals surface area contributed by atoms with Gasteiger partial charge in [-0.15, -0.1) is 0 Å². The van der Waals surface area contributed by atoms with Crippen LogP contribution >= 0.6 is 0 Å². The van der Waals surface area contributed by atoms with Gasteiger partial charge >= 0.3 is 0 Å². The van der Waals surface area contributed by atoms with Crippen LogP contribution in [0.5, 0.6) is 5.75 Å². The summed E-state index contributed by atoms with van der Waals surface area (Å²) in [5, 5.41) is 2.95. The maximum absolute atomic E-state index is 13.7. The maximum atomic E-state index is 13.7. The number of hydrogen-bond acceptors (Lipinski definition) is 3. The van der Waals surface area contributed by atoms with E-state index in [1.807, 2.05) is 61.2 Å². The Bertz CT molecular complexity index is 1270. The van der Waals surface area contributed by atoms with Gasteiger partial charge in [-0.3, -0.25) is 9.59 Å². The maximum Gasteiger partial charge on any atom is 0.265 e. The summed E-state index contributed by atoms with van der Waals surface area (Å²) in [5.41, 5.74) is 4.77. The first-order valence-corrected chi connectivity index (χ1v) is 12.7. The number of amides is 2. The van der Waals surface area contributed by atoms with E-state index in [1.54, 1.807) is 12.1 Å². The molecule has 5 rings (SSSR count). The fourth-order valence-corrected chi connectivity index (χ4v) is 4.91. The first kappa shape index (κ1) is 24.0. The summed E-state index contributed by atoms with van der Waals surface area (Å²) in [6, 6.07) is 19.6. The summed E-state index contributed by atoms with van der Waals surface area (Å²) in [7, 11) is 0. The first-order chi connectivity index (χ1) is 17.4. The highest BCUT2D eigenvalue weighted by atomic mass is 19.1. The monoisotopic (exact) mass is 486 g/mol. The van der Waals surface area contributed by atoms with Crippen LogP contribution in [0, 0.1) is 18.7 Å². The van der Waals surface area contributed by atoms with Crippen LogP contribution in [0.15, 0.2) is 66.7 Å². The molecule has 3 aromatic carbocycles. The molecule has 2 aliphatic rings. The molecule has 36 heavy (non-hydrogen) atoms. The molecule has 186 valence electrons. The second-order valence-electron chi connectivity index (χ2n) is 9.74. The Hall–Kier alpha value is -3.67. The van der Waals surface area contributed by atoms with Gasteiger partial charge in [0, 0.05) is 18.2 Å². The van der Waals surface area contributed by atoms with Gasteiger partial charge in [0.25, 0.3) is 5.91 Å². The fourth-order valence-electron chi connectivity index (χ4n) is 4.91. The molecule has 1 saturated carbocycles. The van der Waals surface area contributed by atoms with Gasteiger partial charge in [-0.1, -0.05) is 37.3 Å². The molecule has 2 amide bonds. The third kappa shape index (κ3) is 5.13. The molecular formula is C30H31FN2O3. The minimum absolute atomic E-state index is 0.0868. The summed E-state index contributed by atoms with van der Waals surface area (Å²) in [6.45, 7) is 4.52. The van der Waals surface area contributed by atoms with E-state index in [9.17, 15) is 14.0 Å². The van der Waals surface area contributed by atoms with Gasteiger partial charge in [-0.25, -0.2) is 4.39 Å². The van der Waals surface area contributed by atoms with Crippen molar-refractivity contribution in [2.24, 2.45) is 5.92 Å². The third-order valence-corrected chi connectivity index (χ3v) is 6.97. The number of halogens is 1. The Morgan fingerprint density at radius 2 is 1.86 bits per heavy atom. The topological polar surface area (TPSA) is 58.6 Å². The lowest BCUT2D eigenvalue weighted by Gasteiger charge is -2.38. The summed E-state index contributed by atoms with van der Waals surface area (Å²) in [4.78, 5) is 28.1. The molecule has 0 aromatic heterocycles. The number of nitrogens with one attached hydrogen (secondary N) is 1. The second kappa shape index (κ2) is 10.1. The lowest BCUT2D eigenvalue weighted by molar-refractivity contribution is -0.134. The molecule has 5 nitrogen and oxygen atoms in total. The molecule has 0 bridgehead atoms. The van der Waals surface area contributed by atoms with Crippen LogP contribution in [0.4, 0.5) is 10.1 Å². The standard InChI is InChI=1S/C30H31FN2O3/c1-3-27(29(34)32-24-6-4-5-19(2)17-24)36-25-14-11-20-15-16-33(30(35)22-7-8-22)28(26(20)18-25)21-9-12-23(31)13-10-21/h4-6,9-14,17-18,22,27-28H,3,7-8,15-16H2,1-2H3,(H,32,34)/t27-,28-/m0/s1. The lowest BCUT2D eigenvalue weighted by Crippen LogP contribution is -2.41. The van der Waals surface area contributed by atoms with Crippen LogP contribution in [-0.2, 0) is 16.0 Å². The summed E-state index contributed by atoms with van der Waals surface area (Å²) in [6.07, 6.45) is 2.44. The van der Waals surface area contributed by atoms with Crippen molar-refractivity contribution in [1.82, 2.24) is 4.90 Å². The normalized spacial score (nSPS) is 17.8. The van der Waals surface area contributed by atoms with E-state index in [4.69, 9.17) is 4.74 Å². The van der Waals surface area contributed by atoms with Crippen molar-refractivity contribution in [3.63, 3.8) is 0 Å². The van der Waals surface area contributed by atoms with Gasteiger partial charge in [-0.2, -0.15) is 0 Å². The van der Waals surface area contributed by atoms with E-state index in [1.165, 1.54) is 12.1 Å². The van der Waals surface area contributed by atoms with Crippen LogP contribution in [0.25, 0.3) is 0 Å². The highest BCUT2D eigenvalue weighted by Gasteiger charge is 2.39. The molecule has 1 fully saturated rings. The van der Waals surface area contributed by atoms with Gasteiger partial charge in [0.05, 0.1) is 6.04 Å². The average Bonchev–Trinajstić information content (AvgIpc) is 3.72. The van der Waals surface area contributed by atoms with Crippen molar-refractivity contribution in [2.45, 2.75) is 51.7 Å². The van der Waals surface area contributed by atoms with Crippen molar-refractivity contribution in [2.75, 3.05) is 11.9 Å². The zero-order valence-corrected chi connectivity index (χ0v) is 20.7. The van der Waals surface area contributed by atoms with Gasteiger partial charge in [-0.05, 0) is 91.3 Å². The molecule has 1 aliphatic heterocycles. The molecule has 0 saturated heterocycles. The summed E-state index contributed by atoms with van der Waals surface area (Å²) in [5.74, 6) is 0.306. The van der Waals surface area contributed by atoms with Crippen LogP contribution in [0.1, 0.15) is 54.5 Å². The fraction of sp³-hybridized carbons (Fsp3) is 0.333. The van der Waals surface area contributed by atoms with Crippen LogP contribution in [0.2, 0.25) is 0 Å². The van der Waals surface area contributed by atoms with Crippen LogP contribution in [-0.4, -0.2) is 29.4 Å². The number of nitrogens with zero attached hydrogens (tertiary/aromatic N) is 1. The number of fused-ring (bicyclic) bond motifs is 1. The highest BCUT2D eigenvalue weighted by Crippen LogP contribution is 2.41. The highest BCUT2D eigenvalue weighted by molar-refractivity contribution is 5.94. The second-order valence-corrected chi connectivity index (χ2v) is 9.74. The van der Waals surface area contributed by atoms with Crippen LogP contribution < -0.4 is 10.1 Å². The molecule has 1 aliphatic carbocycles. The molecule has 2 atom stereocenters.